The van der Waals surface area contributed by atoms with Crippen LogP contribution in [0.4, 0.5) is 0 Å². The molecule has 5 rings (SSSR count). The largest absolute Gasteiger partial charge is 0.379 e. The second-order valence-corrected chi connectivity index (χ2v) is 9.86. The maximum atomic E-state index is 13.5. The van der Waals surface area contributed by atoms with Gasteiger partial charge in [0.25, 0.3) is 5.91 Å². The van der Waals surface area contributed by atoms with E-state index in [1.165, 1.54) is 0 Å². The molecule has 7 heteroatoms. The van der Waals surface area contributed by atoms with E-state index in [9.17, 15) is 9.59 Å². The number of piperidine rings is 1. The van der Waals surface area contributed by atoms with Gasteiger partial charge in [0, 0.05) is 44.0 Å². The highest BCUT2D eigenvalue weighted by Crippen LogP contribution is 2.48. The Hall–Kier alpha value is -1.99. The van der Waals surface area contributed by atoms with Crippen LogP contribution in [0.5, 0.6) is 0 Å². The summed E-state index contributed by atoms with van der Waals surface area (Å²) in [7, 11) is 0. The van der Waals surface area contributed by atoms with Gasteiger partial charge in [-0.05, 0) is 63.5 Å². The van der Waals surface area contributed by atoms with Crippen LogP contribution in [0.2, 0.25) is 0 Å². The first-order chi connectivity index (χ1) is 15.0. The van der Waals surface area contributed by atoms with E-state index >= 15 is 0 Å². The predicted octanol–water partition coefficient (Wildman–Crippen LogP) is 2.00. The molecule has 3 heterocycles. The van der Waals surface area contributed by atoms with E-state index < -0.39 is 5.41 Å². The van der Waals surface area contributed by atoms with Gasteiger partial charge < -0.3 is 15.0 Å². The summed E-state index contributed by atoms with van der Waals surface area (Å²) in [4.78, 5) is 35.7. The average molecular weight is 427 g/mol. The number of carbonyl (C=O) groups is 2. The lowest BCUT2D eigenvalue weighted by atomic mass is 9.60. The zero-order chi connectivity index (χ0) is 21.4. The van der Waals surface area contributed by atoms with Crippen molar-refractivity contribution in [3.05, 3.63) is 29.6 Å². The molecule has 0 aromatic carbocycles. The van der Waals surface area contributed by atoms with E-state index in [2.05, 4.69) is 15.2 Å². The highest BCUT2D eigenvalue weighted by atomic mass is 16.5. The van der Waals surface area contributed by atoms with E-state index in [4.69, 9.17) is 4.74 Å². The number of morpholine rings is 1. The molecule has 7 nitrogen and oxygen atoms in total. The number of hydrogen-bond donors (Lipinski definition) is 1. The smallest absolute Gasteiger partial charge is 0.272 e. The van der Waals surface area contributed by atoms with E-state index in [0.29, 0.717) is 36.8 Å². The average Bonchev–Trinajstić information content (AvgIpc) is 3.62. The second kappa shape index (κ2) is 8.51. The first-order valence-corrected chi connectivity index (χ1v) is 11.9. The third kappa shape index (κ3) is 4.22. The van der Waals surface area contributed by atoms with Gasteiger partial charge in [-0.1, -0.05) is 6.07 Å². The van der Waals surface area contributed by atoms with E-state index in [1.54, 1.807) is 6.07 Å². The third-order valence-corrected chi connectivity index (χ3v) is 7.80. The molecule has 1 aromatic rings. The molecule has 1 N–H and O–H groups in total. The number of carbonyl (C=O) groups excluding carboxylic acids is 2. The first-order valence-electron chi connectivity index (χ1n) is 11.9. The Morgan fingerprint density at radius 3 is 2.68 bits per heavy atom. The summed E-state index contributed by atoms with van der Waals surface area (Å²) in [6.07, 6.45) is 5.96. The minimum Gasteiger partial charge on any atom is -0.379 e. The number of aryl methyl sites for hydroxylation is 1. The van der Waals surface area contributed by atoms with Crippen LogP contribution in [0.25, 0.3) is 0 Å². The molecule has 2 aliphatic heterocycles. The molecule has 0 radical (unpaired) electrons. The van der Waals surface area contributed by atoms with Crippen molar-refractivity contribution < 1.29 is 14.3 Å². The van der Waals surface area contributed by atoms with E-state index in [-0.39, 0.29) is 11.8 Å². The van der Waals surface area contributed by atoms with Gasteiger partial charge in [-0.3, -0.25) is 14.5 Å². The number of likely N-dealkylation sites (tertiary alicyclic amines) is 1. The van der Waals surface area contributed by atoms with Crippen LogP contribution in [-0.2, 0) is 9.53 Å². The normalized spacial score (nSPS) is 31.7. The lowest BCUT2D eigenvalue weighted by Gasteiger charge is -2.53. The van der Waals surface area contributed by atoms with Crippen LogP contribution >= 0.6 is 0 Å². The summed E-state index contributed by atoms with van der Waals surface area (Å²) in [5, 5.41) is 3.29. The van der Waals surface area contributed by atoms with Gasteiger partial charge in [0.2, 0.25) is 5.91 Å². The van der Waals surface area contributed by atoms with Gasteiger partial charge in [-0.15, -0.1) is 0 Å². The van der Waals surface area contributed by atoms with Crippen LogP contribution in [0.15, 0.2) is 18.2 Å². The summed E-state index contributed by atoms with van der Waals surface area (Å²) in [5.74, 6) is 0.452. The molecule has 3 atom stereocenters. The zero-order valence-corrected chi connectivity index (χ0v) is 18.5. The van der Waals surface area contributed by atoms with Crippen molar-refractivity contribution in [1.82, 2.24) is 20.1 Å². The third-order valence-electron chi connectivity index (χ3n) is 7.80. The molecular formula is C24H34N4O3. The number of ether oxygens (including phenoxy) is 1. The first kappa shape index (κ1) is 20.9. The Morgan fingerprint density at radius 1 is 1.13 bits per heavy atom. The number of nitrogens with zero attached hydrogens (tertiary/aromatic N) is 3. The molecule has 31 heavy (non-hydrogen) atoms. The number of fused-ring (bicyclic) bond motifs is 1. The SMILES string of the molecule is Cc1cccc(C(=O)N2CC[C@@H]3C[C@H](N4CCOCC4)CC[C@@]3(C(=O)NC3CC3)C2)n1. The fourth-order valence-corrected chi connectivity index (χ4v) is 5.83. The number of hydrogen-bond acceptors (Lipinski definition) is 5. The fraction of sp³-hybridized carbons (Fsp3) is 0.708. The molecule has 4 fully saturated rings. The minimum atomic E-state index is -0.469. The van der Waals surface area contributed by atoms with Crippen LogP contribution in [0.1, 0.15) is 54.7 Å². The van der Waals surface area contributed by atoms with Gasteiger partial charge in [-0.25, -0.2) is 4.98 Å². The summed E-state index contributed by atoms with van der Waals surface area (Å²) in [6, 6.07) is 6.43. The Morgan fingerprint density at radius 2 is 1.94 bits per heavy atom. The van der Waals surface area contributed by atoms with Crippen molar-refractivity contribution in [1.29, 1.82) is 0 Å². The van der Waals surface area contributed by atoms with Gasteiger partial charge in [-0.2, -0.15) is 0 Å². The second-order valence-electron chi connectivity index (χ2n) is 9.86. The van der Waals surface area contributed by atoms with Gasteiger partial charge in [0.1, 0.15) is 5.69 Å². The standard InChI is InChI=1S/C24H34N4O3/c1-17-3-2-4-21(25-17)22(29)28-10-8-18-15-20(27-11-13-31-14-12-27)7-9-24(18,16-28)23(30)26-19-5-6-19/h2-4,18-20H,5-16H2,1H3,(H,26,30)/t18-,20-,24-/m1/s1. The van der Waals surface area contributed by atoms with Crippen molar-refractivity contribution in [2.75, 3.05) is 39.4 Å². The Kier molecular flexibility index (Phi) is 5.73. The Bertz CT molecular complexity index is 836. The van der Waals surface area contributed by atoms with Crippen LogP contribution in [0, 0.1) is 18.3 Å². The molecule has 0 spiro atoms. The zero-order valence-electron chi connectivity index (χ0n) is 18.5. The lowest BCUT2D eigenvalue weighted by molar-refractivity contribution is -0.143. The van der Waals surface area contributed by atoms with Gasteiger partial charge in [0.05, 0.1) is 18.6 Å². The van der Waals surface area contributed by atoms with Crippen molar-refractivity contribution in [3.63, 3.8) is 0 Å². The van der Waals surface area contributed by atoms with Crippen LogP contribution in [0.3, 0.4) is 0 Å². The lowest BCUT2D eigenvalue weighted by Crippen LogP contribution is -2.61. The van der Waals surface area contributed by atoms with Crippen LogP contribution < -0.4 is 5.32 Å². The molecule has 4 aliphatic rings. The van der Waals surface area contributed by atoms with Crippen molar-refractivity contribution in [2.24, 2.45) is 11.3 Å². The van der Waals surface area contributed by atoms with E-state index in [0.717, 1.165) is 70.5 Å². The number of aromatic nitrogens is 1. The molecular weight excluding hydrogens is 392 g/mol. The number of rotatable bonds is 4. The number of amides is 2. The summed E-state index contributed by atoms with van der Waals surface area (Å²) >= 11 is 0. The van der Waals surface area contributed by atoms with Gasteiger partial charge in [0.15, 0.2) is 0 Å². The molecule has 0 unspecified atom stereocenters. The molecule has 2 aliphatic carbocycles. The Balaban J connectivity index is 1.36. The van der Waals surface area contributed by atoms with Gasteiger partial charge >= 0.3 is 0 Å². The van der Waals surface area contributed by atoms with Crippen LogP contribution in [-0.4, -0.2) is 78.1 Å². The molecule has 2 saturated carbocycles. The Labute approximate surface area is 184 Å². The number of nitrogens with one attached hydrogen (secondary N) is 1. The van der Waals surface area contributed by atoms with Crippen molar-refractivity contribution >= 4 is 11.8 Å². The molecule has 168 valence electrons. The summed E-state index contributed by atoms with van der Waals surface area (Å²) in [5.41, 5.74) is 0.856. The molecule has 1 aromatic heterocycles. The summed E-state index contributed by atoms with van der Waals surface area (Å²) < 4.78 is 5.54. The maximum absolute atomic E-state index is 13.5. The quantitative estimate of drug-likeness (QED) is 0.797. The minimum absolute atomic E-state index is 0.0453. The highest BCUT2D eigenvalue weighted by molar-refractivity contribution is 5.93. The van der Waals surface area contributed by atoms with Crippen molar-refractivity contribution in [3.8, 4) is 0 Å². The monoisotopic (exact) mass is 426 g/mol. The maximum Gasteiger partial charge on any atom is 0.272 e. The predicted molar refractivity (Wildman–Crippen MR) is 117 cm³/mol. The molecule has 2 saturated heterocycles. The molecule has 2 amide bonds. The number of pyridine rings is 1. The topological polar surface area (TPSA) is 74.8 Å². The van der Waals surface area contributed by atoms with Crippen molar-refractivity contribution in [2.45, 2.75) is 57.5 Å². The highest BCUT2D eigenvalue weighted by Gasteiger charge is 2.54. The fourth-order valence-electron chi connectivity index (χ4n) is 5.83. The summed E-state index contributed by atoms with van der Waals surface area (Å²) in [6.45, 7) is 6.71. The van der Waals surface area contributed by atoms with E-state index in [1.807, 2.05) is 24.0 Å². The molecule has 0 bridgehead atoms.